The molecule has 196 valence electrons. The highest BCUT2D eigenvalue weighted by Crippen LogP contribution is 2.37. The highest BCUT2D eigenvalue weighted by molar-refractivity contribution is 7.16. The van der Waals surface area contributed by atoms with E-state index < -0.39 is 11.8 Å². The van der Waals surface area contributed by atoms with Crippen molar-refractivity contribution < 1.29 is 13.9 Å². The zero-order valence-corrected chi connectivity index (χ0v) is 22.7. The van der Waals surface area contributed by atoms with Gasteiger partial charge in [0.05, 0.1) is 19.2 Å². The molecule has 0 amide bonds. The van der Waals surface area contributed by atoms with E-state index in [1.165, 1.54) is 30.7 Å². The smallest absolute Gasteiger partial charge is 0.310 e. The van der Waals surface area contributed by atoms with Gasteiger partial charge in [-0.15, -0.1) is 0 Å². The van der Waals surface area contributed by atoms with Crippen LogP contribution in [0.4, 0.5) is 15.3 Å². The lowest BCUT2D eigenvalue weighted by Crippen LogP contribution is -2.13. The summed E-state index contributed by atoms with van der Waals surface area (Å²) in [4.78, 5) is 27.9. The quantitative estimate of drug-likeness (QED) is 0.238. The van der Waals surface area contributed by atoms with Crippen molar-refractivity contribution in [3.05, 3.63) is 82.4 Å². The Balaban J connectivity index is 1.57. The van der Waals surface area contributed by atoms with Crippen LogP contribution in [0.2, 0.25) is 0 Å². The lowest BCUT2D eigenvalue weighted by molar-refractivity contribution is -0.139. The minimum Gasteiger partial charge on any atom is -0.469 e. The Kier molecular flexibility index (Phi) is 7.09. The summed E-state index contributed by atoms with van der Waals surface area (Å²) < 4.78 is 21.6. The molecule has 0 aliphatic heterocycles. The van der Waals surface area contributed by atoms with Crippen LogP contribution in [0.1, 0.15) is 28.6 Å². The van der Waals surface area contributed by atoms with Gasteiger partial charge < -0.3 is 9.64 Å². The number of thiazole rings is 1. The van der Waals surface area contributed by atoms with Gasteiger partial charge in [0, 0.05) is 30.6 Å². The Labute approximate surface area is 229 Å². The number of nitriles is 1. The first kappa shape index (κ1) is 26.0. The van der Waals surface area contributed by atoms with Crippen LogP contribution in [-0.4, -0.2) is 39.5 Å². The number of carbonyl (C=O) groups is 1. The van der Waals surface area contributed by atoms with Crippen molar-refractivity contribution in [1.82, 2.24) is 19.4 Å². The van der Waals surface area contributed by atoms with Gasteiger partial charge in [-0.3, -0.25) is 14.2 Å². The standard InChI is InChI=1S/C29H25FN6O2S/c1-5-22-28(35(3)29-34-27(23(14-31)39-29)19-8-6-17(2)7-9-19)36-16-20(10-11-24(36)33-22)26-21(30)12-18(15-32-26)13-25(37)38-4/h6-12,15-16H,5,13H2,1-4H3. The predicted octanol–water partition coefficient (Wildman–Crippen LogP) is 5.88. The van der Waals surface area contributed by atoms with E-state index in [9.17, 15) is 10.1 Å². The first-order valence-electron chi connectivity index (χ1n) is 12.3. The van der Waals surface area contributed by atoms with Crippen LogP contribution >= 0.6 is 11.3 Å². The van der Waals surface area contributed by atoms with Gasteiger partial charge in [0.25, 0.3) is 0 Å². The van der Waals surface area contributed by atoms with E-state index in [-0.39, 0.29) is 12.1 Å². The average molecular weight is 541 g/mol. The monoisotopic (exact) mass is 540 g/mol. The Bertz CT molecular complexity index is 1740. The van der Waals surface area contributed by atoms with Crippen molar-refractivity contribution in [1.29, 1.82) is 5.26 Å². The highest BCUT2D eigenvalue weighted by atomic mass is 32.1. The number of aryl methyl sites for hydroxylation is 2. The van der Waals surface area contributed by atoms with Gasteiger partial charge in [0.1, 0.15) is 39.6 Å². The third-order valence-corrected chi connectivity index (χ3v) is 7.43. The molecule has 1 aromatic carbocycles. The number of anilines is 2. The number of hydrogen-bond donors (Lipinski definition) is 0. The summed E-state index contributed by atoms with van der Waals surface area (Å²) >= 11 is 1.31. The van der Waals surface area contributed by atoms with Gasteiger partial charge in [0.15, 0.2) is 5.13 Å². The molecule has 0 fully saturated rings. The van der Waals surface area contributed by atoms with Gasteiger partial charge >= 0.3 is 5.97 Å². The number of nitrogens with zero attached hydrogens (tertiary/aromatic N) is 6. The van der Waals surface area contributed by atoms with E-state index >= 15 is 4.39 Å². The van der Waals surface area contributed by atoms with Gasteiger partial charge in [-0.05, 0) is 37.1 Å². The van der Waals surface area contributed by atoms with Crippen LogP contribution in [0.5, 0.6) is 0 Å². The van der Waals surface area contributed by atoms with Crippen LogP contribution in [0.15, 0.2) is 54.9 Å². The summed E-state index contributed by atoms with van der Waals surface area (Å²) in [5.41, 5.74) is 5.31. The van der Waals surface area contributed by atoms with Gasteiger partial charge in [-0.1, -0.05) is 48.1 Å². The number of carbonyl (C=O) groups excluding carboxylic acids is 1. The molecule has 0 aliphatic carbocycles. The van der Waals surface area contributed by atoms with Gasteiger partial charge in [0.2, 0.25) is 0 Å². The number of rotatable bonds is 7. The Hall–Kier alpha value is -4.62. The molecular weight excluding hydrogens is 515 g/mol. The normalized spacial score (nSPS) is 11.0. The lowest BCUT2D eigenvalue weighted by Gasteiger charge is -2.17. The van der Waals surface area contributed by atoms with Crippen molar-refractivity contribution in [2.24, 2.45) is 0 Å². The van der Waals surface area contributed by atoms with Crippen molar-refractivity contribution in [3.8, 4) is 28.6 Å². The van der Waals surface area contributed by atoms with E-state index in [4.69, 9.17) is 9.97 Å². The molecule has 0 atom stereocenters. The molecule has 4 aromatic heterocycles. The molecule has 0 saturated heterocycles. The average Bonchev–Trinajstić information content (AvgIpc) is 3.54. The number of hydrogen-bond acceptors (Lipinski definition) is 8. The topological polar surface area (TPSA) is 96.4 Å². The number of esters is 1. The fourth-order valence-electron chi connectivity index (χ4n) is 4.36. The molecule has 0 spiro atoms. The van der Waals surface area contributed by atoms with Crippen molar-refractivity contribution in [3.63, 3.8) is 0 Å². The maximum absolute atomic E-state index is 15.1. The second-order valence-corrected chi connectivity index (χ2v) is 10.00. The molecule has 5 rings (SSSR count). The number of halogens is 1. The van der Waals surface area contributed by atoms with Crippen molar-refractivity contribution in [2.75, 3.05) is 19.1 Å². The molecular formula is C29H25FN6O2S. The molecule has 0 unspecified atom stereocenters. The highest BCUT2D eigenvalue weighted by Gasteiger charge is 2.22. The maximum atomic E-state index is 15.1. The van der Waals surface area contributed by atoms with Crippen molar-refractivity contribution in [2.45, 2.75) is 26.7 Å². The number of pyridine rings is 2. The van der Waals surface area contributed by atoms with E-state index in [1.807, 2.05) is 60.5 Å². The summed E-state index contributed by atoms with van der Waals surface area (Å²) in [6.45, 7) is 4.03. The Morgan fingerprint density at radius 2 is 1.90 bits per heavy atom. The molecule has 0 aliphatic rings. The first-order chi connectivity index (χ1) is 18.8. The SMILES string of the molecule is CCc1nc2ccc(-c3ncc(CC(=O)OC)cc3F)cn2c1N(C)c1nc(-c2ccc(C)cc2)c(C#N)s1. The number of fused-ring (bicyclic) bond motifs is 1. The zero-order valence-electron chi connectivity index (χ0n) is 21.9. The minimum absolute atomic E-state index is 0.0564. The van der Waals surface area contributed by atoms with Crippen LogP contribution in [0.3, 0.4) is 0 Å². The molecule has 10 heteroatoms. The minimum atomic E-state index is -0.539. The molecule has 0 N–H and O–H groups in total. The fourth-order valence-corrected chi connectivity index (χ4v) is 5.21. The summed E-state index contributed by atoms with van der Waals surface area (Å²) in [7, 11) is 3.17. The second kappa shape index (κ2) is 10.6. The van der Waals surface area contributed by atoms with Crippen LogP contribution in [-0.2, 0) is 22.4 Å². The lowest BCUT2D eigenvalue weighted by atomic mass is 10.1. The van der Waals surface area contributed by atoms with E-state index in [2.05, 4.69) is 15.8 Å². The molecule has 0 radical (unpaired) electrons. The number of ether oxygens (including phenoxy) is 1. The van der Waals surface area contributed by atoms with Gasteiger partial charge in [-0.25, -0.2) is 14.4 Å². The summed E-state index contributed by atoms with van der Waals surface area (Å²) in [5, 5.41) is 10.5. The molecule has 5 aromatic rings. The van der Waals surface area contributed by atoms with Gasteiger partial charge in [-0.2, -0.15) is 5.26 Å². The van der Waals surface area contributed by atoms with E-state index in [0.29, 0.717) is 38.9 Å². The number of aromatic nitrogens is 4. The second-order valence-electron chi connectivity index (χ2n) is 9.02. The van der Waals surface area contributed by atoms with E-state index in [0.717, 1.165) is 22.6 Å². The molecule has 39 heavy (non-hydrogen) atoms. The fraction of sp³-hybridized carbons (Fsp3) is 0.207. The predicted molar refractivity (Wildman–Crippen MR) is 149 cm³/mol. The first-order valence-corrected chi connectivity index (χ1v) is 13.1. The number of imidazole rings is 1. The third-order valence-electron chi connectivity index (χ3n) is 6.39. The molecule has 0 bridgehead atoms. The zero-order chi connectivity index (χ0) is 27.7. The van der Waals surface area contributed by atoms with E-state index in [1.54, 1.807) is 12.3 Å². The Morgan fingerprint density at radius 3 is 2.56 bits per heavy atom. The molecule has 4 heterocycles. The summed E-state index contributed by atoms with van der Waals surface area (Å²) in [6.07, 6.45) is 3.87. The maximum Gasteiger partial charge on any atom is 0.310 e. The molecule has 8 nitrogen and oxygen atoms in total. The summed E-state index contributed by atoms with van der Waals surface area (Å²) in [5.74, 6) is -0.232. The largest absolute Gasteiger partial charge is 0.469 e. The Morgan fingerprint density at radius 1 is 1.15 bits per heavy atom. The molecule has 0 saturated carbocycles. The third kappa shape index (κ3) is 4.96. The number of methoxy groups -OCH3 is 1. The van der Waals surface area contributed by atoms with Crippen LogP contribution in [0, 0.1) is 24.1 Å². The van der Waals surface area contributed by atoms with Crippen molar-refractivity contribution >= 4 is 33.9 Å². The van der Waals surface area contributed by atoms with Crippen LogP contribution in [0.25, 0.3) is 28.2 Å². The number of benzene rings is 1. The summed E-state index contributed by atoms with van der Waals surface area (Å²) in [6, 6.07) is 15.1. The van der Waals surface area contributed by atoms with Crippen LogP contribution < -0.4 is 4.90 Å².